The molecule has 1 heteroatoms. The third-order valence-electron chi connectivity index (χ3n) is 2.40. The van der Waals surface area contributed by atoms with E-state index in [9.17, 15) is 4.39 Å². The molecule has 0 fully saturated rings. The fourth-order valence-corrected chi connectivity index (χ4v) is 1.41. The van der Waals surface area contributed by atoms with E-state index in [0.29, 0.717) is 0 Å². The van der Waals surface area contributed by atoms with Crippen LogP contribution in [0.1, 0.15) is 65.2 Å². The lowest BCUT2D eigenvalue weighted by Crippen LogP contribution is -1.74. The van der Waals surface area contributed by atoms with Gasteiger partial charge in [-0.05, 0) is 37.8 Å². The van der Waals surface area contributed by atoms with Crippen molar-refractivity contribution in [3.63, 3.8) is 0 Å². The maximum atomic E-state index is 13.1. The van der Waals surface area contributed by atoms with Gasteiger partial charge in [0.25, 0.3) is 0 Å². The van der Waals surface area contributed by atoms with Crippen molar-refractivity contribution < 1.29 is 4.39 Å². The summed E-state index contributed by atoms with van der Waals surface area (Å²) in [5, 5.41) is 0. The molecule has 0 unspecified atom stereocenters. The van der Waals surface area contributed by atoms with Crippen LogP contribution in [0.25, 0.3) is 0 Å². The summed E-state index contributed by atoms with van der Waals surface area (Å²) >= 11 is 0. The van der Waals surface area contributed by atoms with Gasteiger partial charge in [0.15, 0.2) is 0 Å². The monoisotopic (exact) mass is 212 g/mol. The summed E-state index contributed by atoms with van der Waals surface area (Å²) in [4.78, 5) is 0. The Labute approximate surface area is 94.3 Å². The van der Waals surface area contributed by atoms with Crippen LogP contribution in [0.15, 0.2) is 24.1 Å². The Kier molecular flexibility index (Phi) is 11.0. The lowest BCUT2D eigenvalue weighted by molar-refractivity contribution is 0.647. The molecule has 0 aliphatic carbocycles. The summed E-state index contributed by atoms with van der Waals surface area (Å²) in [7, 11) is 0. The smallest absolute Gasteiger partial charge is 0.118 e. The molecule has 0 amide bonds. The maximum absolute atomic E-state index is 13.1. The molecule has 0 radical (unpaired) electrons. The maximum Gasteiger partial charge on any atom is 0.118 e. The van der Waals surface area contributed by atoms with Crippen molar-refractivity contribution in [1.82, 2.24) is 0 Å². The molecule has 0 N–H and O–H groups in total. The van der Waals surface area contributed by atoms with Crippen molar-refractivity contribution in [1.29, 1.82) is 0 Å². The van der Waals surface area contributed by atoms with E-state index < -0.39 is 0 Å². The molecule has 0 aromatic carbocycles. The van der Waals surface area contributed by atoms with Crippen LogP contribution in [-0.4, -0.2) is 0 Å². The Morgan fingerprint density at radius 2 is 1.53 bits per heavy atom. The first-order valence-electron chi connectivity index (χ1n) is 6.33. The molecule has 88 valence electrons. The molecule has 15 heavy (non-hydrogen) atoms. The zero-order chi connectivity index (χ0) is 11.4. The SMILES string of the molecule is CCCCC/C=C(F)/C=C/CCCCC. The van der Waals surface area contributed by atoms with Gasteiger partial charge in [-0.2, -0.15) is 0 Å². The molecule has 0 aliphatic rings. The Hall–Kier alpha value is -0.590. The van der Waals surface area contributed by atoms with E-state index in [2.05, 4.69) is 13.8 Å². The van der Waals surface area contributed by atoms with Crippen LogP contribution in [0.4, 0.5) is 4.39 Å². The van der Waals surface area contributed by atoms with Crippen LogP contribution in [0, 0.1) is 0 Å². The summed E-state index contributed by atoms with van der Waals surface area (Å²) in [5.41, 5.74) is 0. The van der Waals surface area contributed by atoms with E-state index in [1.165, 1.54) is 32.1 Å². The van der Waals surface area contributed by atoms with Crippen LogP contribution in [0.5, 0.6) is 0 Å². The molecule has 0 aromatic heterocycles. The zero-order valence-electron chi connectivity index (χ0n) is 10.3. The van der Waals surface area contributed by atoms with Crippen molar-refractivity contribution in [3.05, 3.63) is 24.1 Å². The van der Waals surface area contributed by atoms with Gasteiger partial charge < -0.3 is 0 Å². The quantitative estimate of drug-likeness (QED) is 0.347. The first-order chi connectivity index (χ1) is 7.31. The Bertz CT molecular complexity index is 180. The van der Waals surface area contributed by atoms with Crippen LogP contribution in [0.3, 0.4) is 0 Å². The third kappa shape index (κ3) is 11.3. The fourth-order valence-electron chi connectivity index (χ4n) is 1.41. The third-order valence-corrected chi connectivity index (χ3v) is 2.40. The first-order valence-corrected chi connectivity index (χ1v) is 6.33. The van der Waals surface area contributed by atoms with E-state index in [1.54, 1.807) is 12.2 Å². The van der Waals surface area contributed by atoms with E-state index in [1.807, 2.05) is 6.08 Å². The second-order valence-electron chi connectivity index (χ2n) is 3.98. The Morgan fingerprint density at radius 3 is 2.13 bits per heavy atom. The molecule has 0 nitrogen and oxygen atoms in total. The van der Waals surface area contributed by atoms with Crippen LogP contribution in [0.2, 0.25) is 0 Å². The summed E-state index contributed by atoms with van der Waals surface area (Å²) < 4.78 is 13.1. The second kappa shape index (κ2) is 11.5. The normalized spacial score (nSPS) is 12.6. The van der Waals surface area contributed by atoms with Gasteiger partial charge in [0.1, 0.15) is 5.83 Å². The number of halogens is 1. The number of allylic oxidation sites excluding steroid dienone is 4. The first kappa shape index (κ1) is 14.4. The largest absolute Gasteiger partial charge is 0.207 e. The summed E-state index contributed by atoms with van der Waals surface area (Å²) in [6, 6.07) is 0. The van der Waals surface area contributed by atoms with Crippen molar-refractivity contribution >= 4 is 0 Å². The van der Waals surface area contributed by atoms with Crippen molar-refractivity contribution in [3.8, 4) is 0 Å². The zero-order valence-corrected chi connectivity index (χ0v) is 10.3. The van der Waals surface area contributed by atoms with E-state index in [4.69, 9.17) is 0 Å². The number of unbranched alkanes of at least 4 members (excludes halogenated alkanes) is 6. The van der Waals surface area contributed by atoms with E-state index >= 15 is 0 Å². The highest BCUT2D eigenvalue weighted by Crippen LogP contribution is 2.07. The molecule has 0 saturated heterocycles. The molecule has 0 aromatic rings. The Balaban J connectivity index is 3.48. The highest BCUT2D eigenvalue weighted by molar-refractivity contribution is 5.10. The van der Waals surface area contributed by atoms with Gasteiger partial charge in [-0.25, -0.2) is 4.39 Å². The summed E-state index contributed by atoms with van der Waals surface area (Å²) in [6.07, 6.45) is 14.3. The lowest BCUT2D eigenvalue weighted by atomic mass is 10.2. The standard InChI is InChI=1S/C14H25F/c1-3-5-7-9-11-13-14(15)12-10-8-6-4-2/h11-13H,3-10H2,1-2H3/b13-11+,14-12-. The molecule has 0 bridgehead atoms. The number of hydrogen-bond acceptors (Lipinski definition) is 0. The van der Waals surface area contributed by atoms with Crippen LogP contribution >= 0.6 is 0 Å². The number of rotatable bonds is 9. The minimum absolute atomic E-state index is 0.0670. The van der Waals surface area contributed by atoms with Gasteiger partial charge in [-0.1, -0.05) is 45.6 Å². The van der Waals surface area contributed by atoms with Crippen LogP contribution in [-0.2, 0) is 0 Å². The molecular weight excluding hydrogens is 187 g/mol. The molecule has 0 heterocycles. The topological polar surface area (TPSA) is 0 Å². The number of hydrogen-bond donors (Lipinski definition) is 0. The average molecular weight is 212 g/mol. The van der Waals surface area contributed by atoms with Crippen LogP contribution < -0.4 is 0 Å². The van der Waals surface area contributed by atoms with E-state index in [0.717, 1.165) is 19.3 Å². The predicted molar refractivity (Wildman–Crippen MR) is 66.6 cm³/mol. The fraction of sp³-hybridized carbons (Fsp3) is 0.714. The molecule has 0 rings (SSSR count). The lowest BCUT2D eigenvalue weighted by Gasteiger charge is -1.93. The summed E-state index contributed by atoms with van der Waals surface area (Å²) in [5.74, 6) is -0.0670. The summed E-state index contributed by atoms with van der Waals surface area (Å²) in [6.45, 7) is 4.34. The van der Waals surface area contributed by atoms with Crippen molar-refractivity contribution in [2.24, 2.45) is 0 Å². The minimum atomic E-state index is -0.0670. The van der Waals surface area contributed by atoms with Gasteiger partial charge in [0.05, 0.1) is 0 Å². The molecule has 0 spiro atoms. The van der Waals surface area contributed by atoms with Gasteiger partial charge in [-0.15, -0.1) is 0 Å². The Morgan fingerprint density at radius 1 is 0.933 bits per heavy atom. The molecule has 0 aliphatic heterocycles. The van der Waals surface area contributed by atoms with E-state index in [-0.39, 0.29) is 5.83 Å². The molecular formula is C14H25F. The van der Waals surface area contributed by atoms with Gasteiger partial charge >= 0.3 is 0 Å². The van der Waals surface area contributed by atoms with Gasteiger partial charge in [-0.3, -0.25) is 0 Å². The molecule has 0 saturated carbocycles. The second-order valence-corrected chi connectivity index (χ2v) is 3.98. The average Bonchev–Trinajstić information content (AvgIpc) is 2.24. The minimum Gasteiger partial charge on any atom is -0.207 e. The van der Waals surface area contributed by atoms with Gasteiger partial charge in [0.2, 0.25) is 0 Å². The highest BCUT2D eigenvalue weighted by atomic mass is 19.1. The van der Waals surface area contributed by atoms with Crippen molar-refractivity contribution in [2.45, 2.75) is 65.2 Å². The predicted octanol–water partition coefficient (Wildman–Crippen LogP) is 5.56. The van der Waals surface area contributed by atoms with Crippen molar-refractivity contribution in [2.75, 3.05) is 0 Å². The highest BCUT2D eigenvalue weighted by Gasteiger charge is 1.88. The van der Waals surface area contributed by atoms with Gasteiger partial charge in [0, 0.05) is 0 Å². The molecule has 0 atom stereocenters.